The van der Waals surface area contributed by atoms with Crippen molar-refractivity contribution in [3.63, 3.8) is 0 Å². The molecule has 21 heavy (non-hydrogen) atoms. The van der Waals surface area contributed by atoms with Crippen molar-refractivity contribution in [2.45, 2.75) is 19.0 Å². The first-order valence-corrected chi connectivity index (χ1v) is 7.05. The molecule has 1 heterocycles. The second-order valence-corrected chi connectivity index (χ2v) is 5.07. The van der Waals surface area contributed by atoms with Crippen LogP contribution in [0.1, 0.15) is 23.6 Å². The Bertz CT molecular complexity index is 630. The fraction of sp³-hybridized carbons (Fsp3) is 0.294. The Labute approximate surface area is 123 Å². The van der Waals surface area contributed by atoms with Gasteiger partial charge in [-0.2, -0.15) is 0 Å². The van der Waals surface area contributed by atoms with Gasteiger partial charge in [0, 0.05) is 36.2 Å². The van der Waals surface area contributed by atoms with Crippen LogP contribution < -0.4 is 14.8 Å². The predicted octanol–water partition coefficient (Wildman–Crippen LogP) is 3.45. The minimum Gasteiger partial charge on any atom is -0.497 e. The van der Waals surface area contributed by atoms with E-state index in [2.05, 4.69) is 11.4 Å². The molecule has 2 aromatic rings. The number of rotatable bonds is 4. The Morgan fingerprint density at radius 1 is 1.29 bits per heavy atom. The molecule has 0 aliphatic carbocycles. The number of para-hydroxylation sites is 1. The third kappa shape index (κ3) is 3.00. The van der Waals surface area contributed by atoms with Crippen LogP contribution in [0.25, 0.3) is 0 Å². The molecule has 2 aromatic carbocycles. The van der Waals surface area contributed by atoms with Gasteiger partial charge in [0.25, 0.3) is 0 Å². The van der Waals surface area contributed by atoms with Crippen molar-refractivity contribution < 1.29 is 13.9 Å². The Morgan fingerprint density at radius 2 is 2.14 bits per heavy atom. The summed E-state index contributed by atoms with van der Waals surface area (Å²) in [6.07, 6.45) is 0.884. The van der Waals surface area contributed by atoms with Crippen LogP contribution in [0.5, 0.6) is 11.5 Å². The third-order valence-corrected chi connectivity index (χ3v) is 3.76. The monoisotopic (exact) mass is 287 g/mol. The number of ether oxygens (including phenoxy) is 2. The lowest BCUT2D eigenvalue weighted by molar-refractivity contribution is 0.252. The molecule has 0 fully saturated rings. The summed E-state index contributed by atoms with van der Waals surface area (Å²) in [6.45, 7) is 1.16. The maximum atomic E-state index is 13.9. The summed E-state index contributed by atoms with van der Waals surface area (Å²) < 4.78 is 24.6. The lowest BCUT2D eigenvalue weighted by atomic mass is 10.0. The molecule has 3 rings (SSSR count). The Kier molecular flexibility index (Phi) is 4.06. The number of hydrogen-bond acceptors (Lipinski definition) is 3. The highest BCUT2D eigenvalue weighted by Crippen LogP contribution is 2.31. The van der Waals surface area contributed by atoms with Gasteiger partial charge in [-0.15, -0.1) is 0 Å². The van der Waals surface area contributed by atoms with E-state index in [1.807, 2.05) is 18.2 Å². The van der Waals surface area contributed by atoms with Crippen LogP contribution in [0.15, 0.2) is 42.5 Å². The predicted molar refractivity (Wildman–Crippen MR) is 79.1 cm³/mol. The summed E-state index contributed by atoms with van der Waals surface area (Å²) >= 11 is 0. The molecule has 1 unspecified atom stereocenters. The maximum Gasteiger partial charge on any atom is 0.131 e. The average molecular weight is 287 g/mol. The molecule has 1 aliphatic rings. The zero-order valence-electron chi connectivity index (χ0n) is 11.9. The smallest absolute Gasteiger partial charge is 0.131 e. The minimum absolute atomic E-state index is 0.191. The van der Waals surface area contributed by atoms with Crippen LogP contribution in [0, 0.1) is 5.82 Å². The van der Waals surface area contributed by atoms with E-state index in [0.29, 0.717) is 24.5 Å². The summed E-state index contributed by atoms with van der Waals surface area (Å²) in [4.78, 5) is 0. The van der Waals surface area contributed by atoms with Crippen molar-refractivity contribution in [1.29, 1.82) is 0 Å². The van der Waals surface area contributed by atoms with Crippen molar-refractivity contribution >= 4 is 0 Å². The van der Waals surface area contributed by atoms with E-state index in [0.717, 1.165) is 17.7 Å². The highest BCUT2D eigenvalue weighted by atomic mass is 19.1. The number of fused-ring (bicyclic) bond motifs is 1. The highest BCUT2D eigenvalue weighted by molar-refractivity contribution is 5.37. The number of halogens is 1. The Balaban J connectivity index is 1.71. The van der Waals surface area contributed by atoms with Gasteiger partial charge in [0.15, 0.2) is 0 Å². The van der Waals surface area contributed by atoms with Crippen LogP contribution in [0.4, 0.5) is 4.39 Å². The number of nitrogens with one attached hydrogen (secondary N) is 1. The number of methoxy groups -OCH3 is 1. The van der Waals surface area contributed by atoms with Crippen molar-refractivity contribution in [3.05, 3.63) is 59.4 Å². The van der Waals surface area contributed by atoms with E-state index in [-0.39, 0.29) is 11.9 Å². The van der Waals surface area contributed by atoms with E-state index >= 15 is 0 Å². The largest absolute Gasteiger partial charge is 0.497 e. The van der Waals surface area contributed by atoms with Gasteiger partial charge in [0.1, 0.15) is 17.3 Å². The molecule has 1 aliphatic heterocycles. The molecule has 0 spiro atoms. The van der Waals surface area contributed by atoms with Crippen LogP contribution in [-0.4, -0.2) is 13.7 Å². The third-order valence-electron chi connectivity index (χ3n) is 3.76. The normalized spacial score (nSPS) is 17.0. The van der Waals surface area contributed by atoms with E-state index < -0.39 is 0 Å². The van der Waals surface area contributed by atoms with Crippen molar-refractivity contribution in [2.75, 3.05) is 13.7 Å². The van der Waals surface area contributed by atoms with Gasteiger partial charge >= 0.3 is 0 Å². The summed E-state index contributed by atoms with van der Waals surface area (Å²) in [6, 6.07) is 13.1. The molecular weight excluding hydrogens is 269 g/mol. The van der Waals surface area contributed by atoms with Gasteiger partial charge in [0.2, 0.25) is 0 Å². The molecule has 0 radical (unpaired) electrons. The number of hydrogen-bond donors (Lipinski definition) is 1. The van der Waals surface area contributed by atoms with Gasteiger partial charge in [-0.3, -0.25) is 0 Å². The van der Waals surface area contributed by atoms with Crippen molar-refractivity contribution in [2.24, 2.45) is 0 Å². The molecule has 0 bridgehead atoms. The molecule has 0 amide bonds. The fourth-order valence-corrected chi connectivity index (χ4v) is 2.59. The maximum absolute atomic E-state index is 13.9. The first-order chi connectivity index (χ1) is 10.3. The molecule has 0 aromatic heterocycles. The van der Waals surface area contributed by atoms with Crippen LogP contribution >= 0.6 is 0 Å². The average Bonchev–Trinajstić information content (AvgIpc) is 2.53. The Hall–Kier alpha value is -2.07. The molecule has 0 saturated carbocycles. The Morgan fingerprint density at radius 3 is 2.95 bits per heavy atom. The zero-order valence-corrected chi connectivity index (χ0v) is 11.9. The van der Waals surface area contributed by atoms with E-state index in [9.17, 15) is 4.39 Å². The first kappa shape index (κ1) is 13.9. The van der Waals surface area contributed by atoms with Crippen LogP contribution in [0.3, 0.4) is 0 Å². The molecule has 1 atom stereocenters. The second kappa shape index (κ2) is 6.14. The minimum atomic E-state index is -0.248. The molecule has 110 valence electrons. The summed E-state index contributed by atoms with van der Waals surface area (Å²) in [5.74, 6) is 1.20. The van der Waals surface area contributed by atoms with Gasteiger partial charge in [-0.1, -0.05) is 24.3 Å². The SMILES string of the molecule is COc1ccc(CNC2CCOc3ccccc32)c(F)c1. The second-order valence-electron chi connectivity index (χ2n) is 5.07. The van der Waals surface area contributed by atoms with E-state index in [4.69, 9.17) is 9.47 Å². The molecule has 1 N–H and O–H groups in total. The summed E-state index contributed by atoms with van der Waals surface area (Å²) in [7, 11) is 1.53. The lowest BCUT2D eigenvalue weighted by Gasteiger charge is -2.26. The topological polar surface area (TPSA) is 30.5 Å². The molecule has 4 heteroatoms. The summed E-state index contributed by atoms with van der Waals surface area (Å²) in [5.41, 5.74) is 1.78. The number of benzene rings is 2. The van der Waals surface area contributed by atoms with Crippen LogP contribution in [-0.2, 0) is 6.54 Å². The van der Waals surface area contributed by atoms with Gasteiger partial charge in [-0.05, 0) is 12.1 Å². The standard InChI is InChI=1S/C17H18FNO2/c1-20-13-7-6-12(15(18)10-13)11-19-16-8-9-21-17-5-3-2-4-14(16)17/h2-7,10,16,19H,8-9,11H2,1H3. The lowest BCUT2D eigenvalue weighted by Crippen LogP contribution is -2.27. The van der Waals surface area contributed by atoms with Gasteiger partial charge in [0.05, 0.1) is 13.7 Å². The zero-order chi connectivity index (χ0) is 14.7. The molecule has 3 nitrogen and oxygen atoms in total. The first-order valence-electron chi connectivity index (χ1n) is 7.05. The summed E-state index contributed by atoms with van der Waals surface area (Å²) in [5, 5.41) is 3.41. The fourth-order valence-electron chi connectivity index (χ4n) is 2.59. The highest BCUT2D eigenvalue weighted by Gasteiger charge is 2.20. The molecule has 0 saturated heterocycles. The quantitative estimate of drug-likeness (QED) is 0.934. The van der Waals surface area contributed by atoms with Crippen LogP contribution in [0.2, 0.25) is 0 Å². The van der Waals surface area contributed by atoms with Gasteiger partial charge in [-0.25, -0.2) is 4.39 Å². The van der Waals surface area contributed by atoms with Crippen molar-refractivity contribution in [3.8, 4) is 11.5 Å². The van der Waals surface area contributed by atoms with Gasteiger partial charge < -0.3 is 14.8 Å². The van der Waals surface area contributed by atoms with E-state index in [1.54, 1.807) is 12.1 Å². The molecular formula is C17H18FNO2. The van der Waals surface area contributed by atoms with Crippen molar-refractivity contribution in [1.82, 2.24) is 5.32 Å². The van der Waals surface area contributed by atoms with E-state index in [1.165, 1.54) is 13.2 Å².